The summed E-state index contributed by atoms with van der Waals surface area (Å²) >= 11 is 1.42. The van der Waals surface area contributed by atoms with Gasteiger partial charge < -0.3 is 15.7 Å². The Morgan fingerprint density at radius 2 is 2.11 bits per heavy atom. The number of β-lactam (4-membered cyclic amide) rings is 1. The van der Waals surface area contributed by atoms with Crippen LogP contribution in [0, 0.1) is 0 Å². The lowest BCUT2D eigenvalue weighted by Crippen LogP contribution is -2.68. The number of nitrogens with two attached hydrogens (primary N) is 1. The summed E-state index contributed by atoms with van der Waals surface area (Å²) in [4.78, 5) is 43.4. The molecule has 9 heteroatoms. The normalized spacial score (nSPS) is 26.5. The average molecular weight is 386 g/mol. The number of nitrogens with zero attached hydrogens (tertiary/aromatic N) is 3. The molecule has 2 atom stereocenters. The van der Waals surface area contributed by atoms with Gasteiger partial charge in [0.1, 0.15) is 17.1 Å². The molecular formula is C18H18N4O4S. The van der Waals surface area contributed by atoms with Crippen molar-refractivity contribution in [1.29, 1.82) is 0 Å². The first-order valence-corrected chi connectivity index (χ1v) is 9.57. The molecule has 27 heavy (non-hydrogen) atoms. The van der Waals surface area contributed by atoms with E-state index in [4.69, 9.17) is 5.73 Å². The zero-order chi connectivity index (χ0) is 19.1. The monoisotopic (exact) mass is 386 g/mol. The van der Waals surface area contributed by atoms with Crippen molar-refractivity contribution in [2.45, 2.75) is 24.4 Å². The van der Waals surface area contributed by atoms with Gasteiger partial charge in [0.2, 0.25) is 11.8 Å². The minimum Gasteiger partial charge on any atom is -0.477 e. The van der Waals surface area contributed by atoms with Crippen molar-refractivity contribution in [2.24, 2.45) is 5.73 Å². The quantitative estimate of drug-likeness (QED) is 0.565. The zero-order valence-electron chi connectivity index (χ0n) is 14.4. The van der Waals surface area contributed by atoms with Crippen molar-refractivity contribution in [3.8, 4) is 0 Å². The third-order valence-electron chi connectivity index (χ3n) is 4.93. The van der Waals surface area contributed by atoms with Crippen LogP contribution in [0.3, 0.4) is 0 Å². The summed E-state index contributed by atoms with van der Waals surface area (Å²) in [6.07, 6.45) is 5.54. The third-order valence-corrected chi connectivity index (χ3v) is 6.25. The number of hydrogen-bond donors (Lipinski definition) is 2. The Morgan fingerprint density at radius 1 is 1.37 bits per heavy atom. The van der Waals surface area contributed by atoms with Gasteiger partial charge in [0.05, 0.1) is 0 Å². The fraction of sp³-hybridized carbons (Fsp3) is 0.333. The lowest BCUT2D eigenvalue weighted by atomic mass is 10.0. The lowest BCUT2D eigenvalue weighted by molar-refractivity contribution is -0.147. The second-order valence-electron chi connectivity index (χ2n) is 6.62. The van der Waals surface area contributed by atoms with Gasteiger partial charge in [-0.05, 0) is 35.8 Å². The van der Waals surface area contributed by atoms with Crippen LogP contribution in [0.2, 0.25) is 0 Å². The molecule has 2 fully saturated rings. The number of pyridine rings is 1. The molecule has 1 aromatic heterocycles. The highest BCUT2D eigenvalue weighted by Gasteiger charge is 2.51. The Balaban J connectivity index is 1.58. The Bertz CT molecular complexity index is 883. The van der Waals surface area contributed by atoms with Crippen LogP contribution in [0.1, 0.15) is 12.0 Å². The molecule has 8 nitrogen and oxygen atoms in total. The number of carbonyl (C=O) groups excluding carboxylic acids is 2. The molecule has 0 saturated carbocycles. The lowest BCUT2D eigenvalue weighted by Gasteiger charge is -2.47. The number of rotatable bonds is 4. The number of likely N-dealkylation sites (tertiary alicyclic amines) is 1. The first kappa shape index (κ1) is 17.7. The molecule has 0 aliphatic carbocycles. The van der Waals surface area contributed by atoms with E-state index in [0.29, 0.717) is 36.4 Å². The maximum Gasteiger partial charge on any atom is 0.352 e. The molecule has 2 saturated heterocycles. The predicted molar refractivity (Wildman–Crippen MR) is 98.1 cm³/mol. The number of aliphatic carboxylic acids is 1. The average Bonchev–Trinajstić information content (AvgIpc) is 3.01. The molecule has 0 aromatic carbocycles. The number of carboxylic acid groups (broad SMARTS) is 1. The minimum absolute atomic E-state index is 0.0571. The molecular weight excluding hydrogens is 368 g/mol. The van der Waals surface area contributed by atoms with Crippen LogP contribution < -0.4 is 5.73 Å². The molecule has 4 rings (SSSR count). The van der Waals surface area contributed by atoms with E-state index in [0.717, 1.165) is 5.56 Å². The first-order valence-electron chi connectivity index (χ1n) is 8.53. The van der Waals surface area contributed by atoms with Gasteiger partial charge in [-0.25, -0.2) is 4.79 Å². The minimum atomic E-state index is -1.17. The Hall–Kier alpha value is -2.65. The maximum absolute atomic E-state index is 12.7. The largest absolute Gasteiger partial charge is 0.477 e. The van der Waals surface area contributed by atoms with E-state index in [-0.39, 0.29) is 17.0 Å². The van der Waals surface area contributed by atoms with E-state index in [9.17, 15) is 19.5 Å². The Labute approximate surface area is 159 Å². The summed E-state index contributed by atoms with van der Waals surface area (Å²) in [6.45, 7) is 1.06. The number of carbonyl (C=O) groups is 3. The smallest absolute Gasteiger partial charge is 0.352 e. The summed E-state index contributed by atoms with van der Waals surface area (Å²) in [7, 11) is 0. The van der Waals surface area contributed by atoms with Gasteiger partial charge in [-0.15, -0.1) is 11.8 Å². The van der Waals surface area contributed by atoms with E-state index in [1.165, 1.54) is 16.7 Å². The summed E-state index contributed by atoms with van der Waals surface area (Å²) < 4.78 is 0. The standard InChI is InChI=1S/C18H18N4O4S/c19-13-16(24)22-14(18(25)26)12(9-27-17(13)22)7-11-3-6-21(15(11)23)8-10-1-4-20-5-2-10/h1-2,4-5,7,13,17H,3,6,8-9,19H2,(H,25,26)/t13-,17-/m1/s1. The van der Waals surface area contributed by atoms with Crippen molar-refractivity contribution < 1.29 is 19.5 Å². The molecule has 3 aliphatic rings. The van der Waals surface area contributed by atoms with E-state index < -0.39 is 17.9 Å². The first-order chi connectivity index (χ1) is 13.0. The van der Waals surface area contributed by atoms with Crippen LogP contribution in [0.4, 0.5) is 0 Å². The summed E-state index contributed by atoms with van der Waals surface area (Å²) in [5.74, 6) is -1.27. The van der Waals surface area contributed by atoms with Gasteiger partial charge in [-0.3, -0.25) is 19.5 Å². The molecule has 3 N–H and O–H groups in total. The van der Waals surface area contributed by atoms with Gasteiger partial charge in [0, 0.05) is 36.8 Å². The van der Waals surface area contributed by atoms with E-state index in [2.05, 4.69) is 4.98 Å². The number of allylic oxidation sites excluding steroid dienone is 1. The van der Waals surface area contributed by atoms with Crippen molar-refractivity contribution in [2.75, 3.05) is 12.3 Å². The van der Waals surface area contributed by atoms with Crippen molar-refractivity contribution >= 4 is 29.5 Å². The van der Waals surface area contributed by atoms with Crippen LogP contribution in [-0.4, -0.2) is 61.4 Å². The summed E-state index contributed by atoms with van der Waals surface area (Å²) in [6, 6.07) is 3.05. The van der Waals surface area contributed by atoms with Crippen LogP contribution >= 0.6 is 11.8 Å². The molecule has 3 aliphatic heterocycles. The SMILES string of the molecule is N[C@@H]1C(=O)N2C(C(=O)O)=C(C=C3CCN(Cc4ccncc4)C3=O)CS[C@H]12. The Morgan fingerprint density at radius 3 is 2.81 bits per heavy atom. The fourth-order valence-electron chi connectivity index (χ4n) is 3.52. The van der Waals surface area contributed by atoms with Gasteiger partial charge in [-0.2, -0.15) is 0 Å². The predicted octanol–water partition coefficient (Wildman–Crippen LogP) is 0.321. The van der Waals surface area contributed by atoms with Gasteiger partial charge in [0.25, 0.3) is 0 Å². The number of aromatic nitrogens is 1. The second-order valence-corrected chi connectivity index (χ2v) is 7.72. The molecule has 0 radical (unpaired) electrons. The van der Waals surface area contributed by atoms with Crippen LogP contribution in [0.15, 0.2) is 47.4 Å². The number of hydrogen-bond acceptors (Lipinski definition) is 6. The van der Waals surface area contributed by atoms with Crippen LogP contribution in [-0.2, 0) is 20.9 Å². The molecule has 4 heterocycles. The number of amides is 2. The topological polar surface area (TPSA) is 117 Å². The van der Waals surface area contributed by atoms with Gasteiger partial charge >= 0.3 is 5.97 Å². The highest BCUT2D eigenvalue weighted by atomic mass is 32.2. The van der Waals surface area contributed by atoms with Gasteiger partial charge in [0.15, 0.2) is 0 Å². The van der Waals surface area contributed by atoms with Crippen LogP contribution in [0.5, 0.6) is 0 Å². The molecule has 0 unspecified atom stereocenters. The third kappa shape index (κ3) is 3.02. The van der Waals surface area contributed by atoms with E-state index in [1.807, 2.05) is 12.1 Å². The number of fused-ring (bicyclic) bond motifs is 1. The maximum atomic E-state index is 12.7. The van der Waals surface area contributed by atoms with Crippen molar-refractivity contribution in [1.82, 2.24) is 14.8 Å². The molecule has 2 amide bonds. The molecule has 140 valence electrons. The number of carboxylic acids is 1. The summed E-state index contributed by atoms with van der Waals surface area (Å²) in [5.41, 5.74) is 7.73. The number of thioether (sulfide) groups is 1. The highest BCUT2D eigenvalue weighted by molar-refractivity contribution is 8.00. The van der Waals surface area contributed by atoms with Crippen molar-refractivity contribution in [3.63, 3.8) is 0 Å². The van der Waals surface area contributed by atoms with E-state index in [1.54, 1.807) is 23.4 Å². The highest BCUT2D eigenvalue weighted by Crippen LogP contribution is 2.40. The zero-order valence-corrected chi connectivity index (χ0v) is 15.2. The molecule has 1 aromatic rings. The molecule has 0 spiro atoms. The Kier molecular flexibility index (Phi) is 4.48. The van der Waals surface area contributed by atoms with E-state index >= 15 is 0 Å². The molecule has 0 bridgehead atoms. The second kappa shape index (κ2) is 6.82. The fourth-order valence-corrected chi connectivity index (χ4v) is 4.77. The van der Waals surface area contributed by atoms with Gasteiger partial charge in [-0.1, -0.05) is 0 Å². The van der Waals surface area contributed by atoms with Crippen LogP contribution in [0.25, 0.3) is 0 Å². The summed E-state index contributed by atoms with van der Waals surface area (Å²) in [5, 5.41) is 9.25. The van der Waals surface area contributed by atoms with Crippen molar-refractivity contribution in [3.05, 3.63) is 53.0 Å².